The minimum atomic E-state index is -5.49. The van der Waals surface area contributed by atoms with E-state index >= 15 is 0 Å². The lowest BCUT2D eigenvalue weighted by atomic mass is 10.1. The van der Waals surface area contributed by atoms with Crippen LogP contribution in [0.2, 0.25) is 0 Å². The molecule has 0 unspecified atom stereocenters. The van der Waals surface area contributed by atoms with Crippen molar-refractivity contribution in [3.05, 3.63) is 0 Å². The molecule has 104 valence electrons. The Morgan fingerprint density at radius 3 is 1.71 bits per heavy atom. The first-order valence-corrected chi connectivity index (χ1v) is 8.59. The van der Waals surface area contributed by atoms with Crippen molar-refractivity contribution in [1.29, 1.82) is 0 Å². The second-order valence-corrected chi connectivity index (χ2v) is 7.92. The smallest absolute Gasteiger partial charge is 0.322 e. The van der Waals surface area contributed by atoms with Gasteiger partial charge in [-0.05, 0) is 6.42 Å². The van der Waals surface area contributed by atoms with Gasteiger partial charge in [0.25, 0.3) is 0 Å². The molecule has 0 aromatic rings. The van der Waals surface area contributed by atoms with Crippen molar-refractivity contribution in [3.63, 3.8) is 0 Å². The number of hydrogen-bond donors (Lipinski definition) is 4. The molecule has 0 spiro atoms. The Morgan fingerprint density at radius 2 is 1.35 bits per heavy atom. The second kappa shape index (κ2) is 6.41. The van der Waals surface area contributed by atoms with Crippen LogP contribution in [0.5, 0.6) is 0 Å². The molecule has 6 nitrogen and oxygen atoms in total. The molecule has 0 atom stereocenters. The molecule has 0 radical (unpaired) electrons. The maximum atomic E-state index is 13.8. The zero-order valence-electron chi connectivity index (χ0n) is 9.62. The predicted octanol–water partition coefficient (Wildman–Crippen LogP) is 2.33. The zero-order chi connectivity index (χ0) is 13.7. The zero-order valence-corrected chi connectivity index (χ0v) is 11.4. The van der Waals surface area contributed by atoms with Crippen LogP contribution in [0.15, 0.2) is 0 Å². The van der Waals surface area contributed by atoms with E-state index in [-0.39, 0.29) is 6.42 Å². The van der Waals surface area contributed by atoms with E-state index in [9.17, 15) is 13.5 Å². The number of alkyl halides is 1. The molecule has 0 bridgehead atoms. The Labute approximate surface area is 99.6 Å². The molecule has 0 rings (SSSR count). The van der Waals surface area contributed by atoms with Crippen molar-refractivity contribution in [2.45, 2.75) is 50.6 Å². The summed E-state index contributed by atoms with van der Waals surface area (Å²) in [5.41, 5.74) is 0. The van der Waals surface area contributed by atoms with Gasteiger partial charge in [-0.1, -0.05) is 32.6 Å². The van der Waals surface area contributed by atoms with Crippen LogP contribution in [0.1, 0.15) is 45.4 Å². The molecule has 4 N–H and O–H groups in total. The quantitative estimate of drug-likeness (QED) is 0.403. The van der Waals surface area contributed by atoms with Crippen molar-refractivity contribution in [2.24, 2.45) is 0 Å². The van der Waals surface area contributed by atoms with E-state index in [0.29, 0.717) is 6.42 Å². The van der Waals surface area contributed by atoms with Gasteiger partial charge in [0.2, 0.25) is 0 Å². The van der Waals surface area contributed by atoms with E-state index in [1.54, 1.807) is 0 Å². The van der Waals surface area contributed by atoms with Crippen LogP contribution in [0, 0.1) is 0 Å². The summed E-state index contributed by atoms with van der Waals surface area (Å²) >= 11 is 0. The normalized spacial score (nSPS) is 14.0. The Kier molecular flexibility index (Phi) is 6.50. The SMILES string of the molecule is CCCCCCCC(F)(P(=O)(O)O)P(=O)(O)O. The van der Waals surface area contributed by atoms with Crippen LogP contribution >= 0.6 is 15.2 Å². The van der Waals surface area contributed by atoms with Crippen LogP contribution in [0.25, 0.3) is 0 Å². The summed E-state index contributed by atoms with van der Waals surface area (Å²) in [6.07, 6.45) is 2.27. The highest BCUT2D eigenvalue weighted by atomic mass is 31.2. The van der Waals surface area contributed by atoms with Gasteiger partial charge in [0, 0.05) is 6.42 Å². The van der Waals surface area contributed by atoms with Crippen LogP contribution in [0.3, 0.4) is 0 Å². The first kappa shape index (κ1) is 17.2. The lowest BCUT2D eigenvalue weighted by Crippen LogP contribution is -2.23. The fourth-order valence-electron chi connectivity index (χ4n) is 1.41. The summed E-state index contributed by atoms with van der Waals surface area (Å²) in [6, 6.07) is 0. The van der Waals surface area contributed by atoms with Gasteiger partial charge >= 0.3 is 20.3 Å². The van der Waals surface area contributed by atoms with Gasteiger partial charge in [0.05, 0.1) is 0 Å². The molecule has 0 aliphatic heterocycles. The molecule has 0 saturated carbocycles. The molecule has 9 heteroatoms. The summed E-state index contributed by atoms with van der Waals surface area (Å²) in [5.74, 6) is 0. The summed E-state index contributed by atoms with van der Waals surface area (Å²) in [5, 5.41) is -3.74. The molecule has 0 saturated heterocycles. The molecule has 17 heavy (non-hydrogen) atoms. The molecule has 0 fully saturated rings. The van der Waals surface area contributed by atoms with Gasteiger partial charge in [-0.3, -0.25) is 9.13 Å². The van der Waals surface area contributed by atoms with Gasteiger partial charge in [-0.15, -0.1) is 0 Å². The van der Waals surface area contributed by atoms with E-state index < -0.39 is 26.8 Å². The monoisotopic (exact) mass is 292 g/mol. The van der Waals surface area contributed by atoms with Gasteiger partial charge in [0.1, 0.15) is 0 Å². The molecule has 0 aliphatic rings. The van der Waals surface area contributed by atoms with E-state index in [4.69, 9.17) is 19.6 Å². The van der Waals surface area contributed by atoms with E-state index in [2.05, 4.69) is 0 Å². The van der Waals surface area contributed by atoms with Crippen molar-refractivity contribution in [2.75, 3.05) is 0 Å². The minimum absolute atomic E-state index is 0.0344. The number of unbranched alkanes of at least 4 members (excludes halogenated alkanes) is 4. The number of hydrogen-bond acceptors (Lipinski definition) is 2. The third-order valence-electron chi connectivity index (χ3n) is 2.49. The van der Waals surface area contributed by atoms with Crippen LogP contribution in [0.4, 0.5) is 4.39 Å². The molecule has 0 aromatic carbocycles. The first-order chi connectivity index (χ1) is 7.56. The van der Waals surface area contributed by atoms with Crippen molar-refractivity contribution >= 4 is 15.2 Å². The molecular weight excluding hydrogens is 273 g/mol. The van der Waals surface area contributed by atoms with Gasteiger partial charge < -0.3 is 19.6 Å². The van der Waals surface area contributed by atoms with E-state index in [0.717, 1.165) is 19.3 Å². The summed E-state index contributed by atoms with van der Waals surface area (Å²) < 4.78 is 35.5. The lowest BCUT2D eigenvalue weighted by Gasteiger charge is -2.26. The lowest BCUT2D eigenvalue weighted by molar-refractivity contribution is 0.210. The maximum absolute atomic E-state index is 13.8. The third kappa shape index (κ3) is 4.78. The molecule has 0 heterocycles. The Bertz CT molecular complexity index is 300. The Morgan fingerprint density at radius 1 is 0.941 bits per heavy atom. The molecule has 0 aliphatic carbocycles. The largest absolute Gasteiger partial charge is 0.375 e. The molecule has 0 aromatic heterocycles. The van der Waals surface area contributed by atoms with Crippen molar-refractivity contribution in [3.8, 4) is 0 Å². The summed E-state index contributed by atoms with van der Waals surface area (Å²) in [4.78, 5) is 34.9. The fraction of sp³-hybridized carbons (Fsp3) is 1.00. The van der Waals surface area contributed by atoms with E-state index in [1.165, 1.54) is 0 Å². The highest BCUT2D eigenvalue weighted by molar-refractivity contribution is 7.72. The average Bonchev–Trinajstić information content (AvgIpc) is 2.13. The van der Waals surface area contributed by atoms with Crippen LogP contribution in [-0.4, -0.2) is 24.7 Å². The van der Waals surface area contributed by atoms with Crippen LogP contribution < -0.4 is 0 Å². The highest BCUT2D eigenvalue weighted by Crippen LogP contribution is 2.71. The Balaban J connectivity index is 4.55. The standard InChI is InChI=1S/C8H19FO6P2/c1-2-3-4-5-6-7-8(9,16(10,11)12)17(13,14)15/h2-7H2,1H3,(H2,10,11,12)(H2,13,14,15). The predicted molar refractivity (Wildman–Crippen MR) is 61.3 cm³/mol. The highest BCUT2D eigenvalue weighted by Gasteiger charge is 2.60. The summed E-state index contributed by atoms with van der Waals surface area (Å²) in [7, 11) is -11.0. The minimum Gasteiger partial charge on any atom is -0.322 e. The third-order valence-corrected chi connectivity index (χ3v) is 6.29. The molecule has 0 amide bonds. The van der Waals surface area contributed by atoms with Crippen LogP contribution in [-0.2, 0) is 9.13 Å². The second-order valence-electron chi connectivity index (χ2n) is 3.97. The average molecular weight is 292 g/mol. The van der Waals surface area contributed by atoms with Gasteiger partial charge in [0.15, 0.2) is 0 Å². The first-order valence-electron chi connectivity index (χ1n) is 5.36. The van der Waals surface area contributed by atoms with Crippen molar-refractivity contribution < 1.29 is 33.1 Å². The van der Waals surface area contributed by atoms with Crippen molar-refractivity contribution in [1.82, 2.24) is 0 Å². The van der Waals surface area contributed by atoms with E-state index in [1.807, 2.05) is 6.92 Å². The number of halogens is 1. The fourth-order valence-corrected chi connectivity index (χ4v) is 3.67. The topological polar surface area (TPSA) is 115 Å². The van der Waals surface area contributed by atoms with Gasteiger partial charge in [-0.2, -0.15) is 0 Å². The summed E-state index contributed by atoms with van der Waals surface area (Å²) in [6.45, 7) is 1.96. The maximum Gasteiger partial charge on any atom is 0.375 e. The molecular formula is C8H19FO6P2. The Hall–Kier alpha value is 0.230. The number of rotatable bonds is 8. The van der Waals surface area contributed by atoms with Gasteiger partial charge in [-0.25, -0.2) is 4.39 Å².